The Morgan fingerprint density at radius 1 is 1.03 bits per heavy atom. The largest absolute Gasteiger partial charge is 0.417 e. The summed E-state index contributed by atoms with van der Waals surface area (Å²) in [5.74, 6) is -0.370. The standard InChI is InChI=1S/C27H24ClF3N4O3/c1-26(2,24(32)36)15-16-3-10-23-17(13-16)11-12-34(23)19-6-4-18(5-7-19)33-25(37)35(38)20-8-9-22(28)21(14-20)27(29,30)31/h3-14,38H,15H2,1-2H3,(H2,32,36)(H,33,37). The fraction of sp³-hybridized carbons (Fsp3) is 0.185. The lowest BCUT2D eigenvalue weighted by molar-refractivity contribution is -0.137. The fourth-order valence-corrected chi connectivity index (χ4v) is 4.21. The van der Waals surface area contributed by atoms with Crippen LogP contribution in [0.3, 0.4) is 0 Å². The van der Waals surface area contributed by atoms with Crippen molar-refractivity contribution in [3.8, 4) is 5.69 Å². The van der Waals surface area contributed by atoms with E-state index in [4.69, 9.17) is 17.3 Å². The topological polar surface area (TPSA) is 101 Å². The Balaban J connectivity index is 1.49. The molecule has 4 aromatic rings. The van der Waals surface area contributed by atoms with Gasteiger partial charge in [-0.1, -0.05) is 31.5 Å². The molecule has 0 fully saturated rings. The molecule has 0 aliphatic carbocycles. The van der Waals surface area contributed by atoms with Gasteiger partial charge in [0, 0.05) is 28.4 Å². The number of rotatable bonds is 6. The van der Waals surface area contributed by atoms with Crippen molar-refractivity contribution in [2.24, 2.45) is 11.1 Å². The number of benzene rings is 3. The van der Waals surface area contributed by atoms with Gasteiger partial charge in [0.15, 0.2) is 0 Å². The van der Waals surface area contributed by atoms with Crippen LogP contribution in [0.2, 0.25) is 5.02 Å². The zero-order valence-corrected chi connectivity index (χ0v) is 21.1. The van der Waals surface area contributed by atoms with Gasteiger partial charge in [0.1, 0.15) is 0 Å². The van der Waals surface area contributed by atoms with E-state index >= 15 is 0 Å². The minimum Gasteiger partial charge on any atom is -0.369 e. The quantitative estimate of drug-likeness (QED) is 0.184. The van der Waals surface area contributed by atoms with Crippen molar-refractivity contribution in [3.63, 3.8) is 0 Å². The van der Waals surface area contributed by atoms with E-state index in [1.54, 1.807) is 38.1 Å². The molecule has 0 saturated carbocycles. The lowest BCUT2D eigenvalue weighted by atomic mass is 9.85. The third-order valence-corrected chi connectivity index (χ3v) is 6.49. The molecule has 0 aliphatic heterocycles. The number of fused-ring (bicyclic) bond motifs is 1. The molecular weight excluding hydrogens is 521 g/mol. The number of aromatic nitrogens is 1. The molecule has 11 heteroatoms. The maximum atomic E-state index is 13.1. The minimum atomic E-state index is -4.75. The van der Waals surface area contributed by atoms with Crippen LogP contribution < -0.4 is 16.1 Å². The highest BCUT2D eigenvalue weighted by molar-refractivity contribution is 6.31. The van der Waals surface area contributed by atoms with Crippen LogP contribution in [-0.4, -0.2) is 21.7 Å². The number of alkyl halides is 3. The van der Waals surface area contributed by atoms with Crippen molar-refractivity contribution in [1.82, 2.24) is 4.57 Å². The smallest absolute Gasteiger partial charge is 0.369 e. The number of hydroxylamine groups is 1. The highest BCUT2D eigenvalue weighted by atomic mass is 35.5. The molecule has 0 aliphatic rings. The summed E-state index contributed by atoms with van der Waals surface area (Å²) in [4.78, 5) is 24.1. The molecule has 198 valence electrons. The van der Waals surface area contributed by atoms with Gasteiger partial charge in [-0.2, -0.15) is 18.2 Å². The summed E-state index contributed by atoms with van der Waals surface area (Å²) in [7, 11) is 0. The zero-order valence-electron chi connectivity index (χ0n) is 20.4. The van der Waals surface area contributed by atoms with Gasteiger partial charge in [0.05, 0.1) is 21.8 Å². The lowest BCUT2D eigenvalue weighted by Gasteiger charge is -2.20. The second kappa shape index (κ2) is 10.0. The van der Waals surface area contributed by atoms with Gasteiger partial charge >= 0.3 is 12.2 Å². The average molecular weight is 545 g/mol. The van der Waals surface area contributed by atoms with Crippen molar-refractivity contribution in [3.05, 3.63) is 89.1 Å². The summed E-state index contributed by atoms with van der Waals surface area (Å²) >= 11 is 5.59. The first-order valence-corrected chi connectivity index (χ1v) is 11.8. The molecule has 0 bridgehead atoms. The first-order chi connectivity index (χ1) is 17.8. The fourth-order valence-electron chi connectivity index (χ4n) is 3.99. The Bertz CT molecular complexity index is 1510. The number of nitrogens with two attached hydrogens (primary N) is 1. The Labute approximate surface area is 221 Å². The van der Waals surface area contributed by atoms with Crippen LogP contribution in [0, 0.1) is 5.41 Å². The van der Waals surface area contributed by atoms with E-state index in [2.05, 4.69) is 5.32 Å². The molecule has 0 radical (unpaired) electrons. The molecule has 4 rings (SSSR count). The maximum Gasteiger partial charge on any atom is 0.417 e. The van der Waals surface area contributed by atoms with E-state index in [0.29, 0.717) is 18.2 Å². The van der Waals surface area contributed by atoms with Crippen LogP contribution in [0.15, 0.2) is 72.9 Å². The first kappa shape index (κ1) is 27.0. The third-order valence-electron chi connectivity index (χ3n) is 6.16. The van der Waals surface area contributed by atoms with Gasteiger partial charge in [-0.05, 0) is 72.6 Å². The number of primary amides is 1. The monoisotopic (exact) mass is 544 g/mol. The normalized spacial score (nSPS) is 12.0. The average Bonchev–Trinajstić information content (AvgIpc) is 3.26. The number of anilines is 2. The second-order valence-corrected chi connectivity index (χ2v) is 9.86. The molecule has 7 nitrogen and oxygen atoms in total. The molecule has 0 saturated heterocycles. The highest BCUT2D eigenvalue weighted by Crippen LogP contribution is 2.37. The number of urea groups is 1. The van der Waals surface area contributed by atoms with Gasteiger partial charge in [-0.25, -0.2) is 4.79 Å². The second-order valence-electron chi connectivity index (χ2n) is 9.45. The van der Waals surface area contributed by atoms with Gasteiger partial charge in [-0.15, -0.1) is 0 Å². The predicted molar refractivity (Wildman–Crippen MR) is 140 cm³/mol. The maximum absolute atomic E-state index is 13.1. The van der Waals surface area contributed by atoms with E-state index < -0.39 is 33.9 Å². The summed E-state index contributed by atoms with van der Waals surface area (Å²) in [6, 6.07) is 16.1. The number of nitrogens with zero attached hydrogens (tertiary/aromatic N) is 2. The number of carbonyl (C=O) groups excluding carboxylic acids is 2. The predicted octanol–water partition coefficient (Wildman–Crippen LogP) is 6.78. The van der Waals surface area contributed by atoms with Gasteiger partial charge in [0.2, 0.25) is 5.91 Å². The van der Waals surface area contributed by atoms with Gasteiger partial charge in [-0.3, -0.25) is 10.0 Å². The number of carbonyl (C=O) groups is 2. The summed E-state index contributed by atoms with van der Waals surface area (Å²) < 4.78 is 41.2. The van der Waals surface area contributed by atoms with Crippen LogP contribution in [0.4, 0.5) is 29.3 Å². The van der Waals surface area contributed by atoms with Gasteiger partial charge < -0.3 is 15.6 Å². The van der Waals surface area contributed by atoms with Crippen molar-refractivity contribution in [2.75, 3.05) is 10.4 Å². The zero-order chi connectivity index (χ0) is 27.8. The van der Waals surface area contributed by atoms with Crippen LogP contribution in [0.5, 0.6) is 0 Å². The Morgan fingerprint density at radius 2 is 1.71 bits per heavy atom. The van der Waals surface area contributed by atoms with E-state index in [-0.39, 0.29) is 11.0 Å². The van der Waals surface area contributed by atoms with Crippen molar-refractivity contribution < 1.29 is 28.0 Å². The van der Waals surface area contributed by atoms with Crippen LogP contribution >= 0.6 is 11.6 Å². The number of nitrogens with one attached hydrogen (secondary N) is 1. The van der Waals surface area contributed by atoms with Crippen LogP contribution in [0.25, 0.3) is 16.6 Å². The molecule has 1 heterocycles. The summed E-state index contributed by atoms with van der Waals surface area (Å²) in [5, 5.41) is 13.1. The number of hydrogen-bond donors (Lipinski definition) is 3. The minimum absolute atomic E-state index is 0.0794. The number of hydrogen-bond acceptors (Lipinski definition) is 3. The Hall–Kier alpha value is -4.02. The van der Waals surface area contributed by atoms with E-state index in [1.165, 1.54) is 0 Å². The summed E-state index contributed by atoms with van der Waals surface area (Å²) in [5.41, 5.74) is 6.26. The number of amides is 3. The lowest BCUT2D eigenvalue weighted by Crippen LogP contribution is -2.33. The van der Waals surface area contributed by atoms with Crippen LogP contribution in [-0.2, 0) is 17.4 Å². The van der Waals surface area contributed by atoms with Crippen molar-refractivity contribution in [2.45, 2.75) is 26.4 Å². The van der Waals surface area contributed by atoms with Crippen molar-refractivity contribution in [1.29, 1.82) is 0 Å². The molecule has 4 N–H and O–H groups in total. The Kier molecular flexibility index (Phi) is 7.14. The van der Waals surface area contributed by atoms with E-state index in [9.17, 15) is 28.0 Å². The molecule has 1 aromatic heterocycles. The third kappa shape index (κ3) is 5.61. The molecule has 0 unspecified atom stereocenters. The summed E-state index contributed by atoms with van der Waals surface area (Å²) in [6.45, 7) is 3.60. The van der Waals surface area contributed by atoms with Crippen molar-refractivity contribution >= 4 is 45.8 Å². The molecule has 0 spiro atoms. The molecular formula is C27H24ClF3N4O3. The molecule has 3 amide bonds. The molecule has 38 heavy (non-hydrogen) atoms. The van der Waals surface area contributed by atoms with E-state index in [0.717, 1.165) is 34.3 Å². The first-order valence-electron chi connectivity index (χ1n) is 11.4. The highest BCUT2D eigenvalue weighted by Gasteiger charge is 2.34. The van der Waals surface area contributed by atoms with Gasteiger partial charge in [0.25, 0.3) is 0 Å². The summed E-state index contributed by atoms with van der Waals surface area (Å²) in [6.07, 6.45) is -2.35. The Morgan fingerprint density at radius 3 is 2.34 bits per heavy atom. The molecule has 3 aromatic carbocycles. The number of halogens is 4. The molecule has 0 atom stereocenters. The SMILES string of the molecule is CC(C)(Cc1ccc2c(ccn2-c2ccc(NC(=O)N(O)c3ccc(Cl)c(C(F)(F)F)c3)cc2)c1)C(N)=O. The van der Waals surface area contributed by atoms with Crippen LogP contribution in [0.1, 0.15) is 25.0 Å². The van der Waals surface area contributed by atoms with E-state index in [1.807, 2.05) is 35.0 Å².